The summed E-state index contributed by atoms with van der Waals surface area (Å²) in [5, 5.41) is 14.2. The van der Waals surface area contributed by atoms with Crippen LogP contribution in [0.4, 0.5) is 5.69 Å². The summed E-state index contributed by atoms with van der Waals surface area (Å²) in [5.74, 6) is -0.928. The van der Waals surface area contributed by atoms with E-state index < -0.39 is 12.1 Å². The van der Waals surface area contributed by atoms with Gasteiger partial charge < -0.3 is 20.2 Å². The van der Waals surface area contributed by atoms with Gasteiger partial charge in [-0.3, -0.25) is 14.4 Å². The SMILES string of the molecule is O=C1Nc2ccc(-c3ccc(Cl)cc3)cc2C(=O)N2CCN(C(=O)[C@H](O)C3CCCCC3)CC12. The first-order valence-electron chi connectivity index (χ1n) is 11.9. The van der Waals surface area contributed by atoms with E-state index in [9.17, 15) is 19.5 Å². The minimum Gasteiger partial charge on any atom is -0.383 e. The highest BCUT2D eigenvalue weighted by Gasteiger charge is 2.42. The monoisotopic (exact) mass is 481 g/mol. The number of aliphatic hydroxyl groups is 1. The number of carbonyl (C=O) groups is 3. The topological polar surface area (TPSA) is 90.0 Å². The summed E-state index contributed by atoms with van der Waals surface area (Å²) in [5.41, 5.74) is 2.65. The molecule has 2 N–H and O–H groups in total. The molecule has 0 aromatic heterocycles. The number of fused-ring (bicyclic) bond motifs is 2. The number of carbonyl (C=O) groups excluding carboxylic acids is 3. The fourth-order valence-electron chi connectivity index (χ4n) is 5.31. The van der Waals surface area contributed by atoms with Crippen LogP contribution in [-0.2, 0) is 9.59 Å². The van der Waals surface area contributed by atoms with Crippen molar-refractivity contribution >= 4 is 35.0 Å². The Bertz CT molecular complexity index is 1110. The van der Waals surface area contributed by atoms with Gasteiger partial charge >= 0.3 is 0 Å². The first kappa shape index (κ1) is 22.9. The second-order valence-electron chi connectivity index (χ2n) is 9.40. The number of nitrogens with one attached hydrogen (secondary N) is 1. The molecule has 7 nitrogen and oxygen atoms in total. The number of hydrogen-bond donors (Lipinski definition) is 2. The molecule has 2 aliphatic heterocycles. The van der Waals surface area contributed by atoms with E-state index >= 15 is 0 Å². The van der Waals surface area contributed by atoms with Gasteiger partial charge in [-0.2, -0.15) is 0 Å². The van der Waals surface area contributed by atoms with Crippen molar-refractivity contribution in [2.45, 2.75) is 44.2 Å². The molecule has 2 atom stereocenters. The third-order valence-corrected chi connectivity index (χ3v) is 7.54. The molecule has 178 valence electrons. The molecule has 3 amide bonds. The molecular formula is C26H28ClN3O4. The van der Waals surface area contributed by atoms with Crippen LogP contribution in [0.2, 0.25) is 5.02 Å². The van der Waals surface area contributed by atoms with Crippen molar-refractivity contribution in [1.82, 2.24) is 9.80 Å². The van der Waals surface area contributed by atoms with Crippen LogP contribution in [0.3, 0.4) is 0 Å². The van der Waals surface area contributed by atoms with E-state index in [0.717, 1.165) is 43.2 Å². The fourth-order valence-corrected chi connectivity index (χ4v) is 5.44. The van der Waals surface area contributed by atoms with Crippen LogP contribution >= 0.6 is 11.6 Å². The highest BCUT2D eigenvalue weighted by molar-refractivity contribution is 6.30. The highest BCUT2D eigenvalue weighted by atomic mass is 35.5. The maximum Gasteiger partial charge on any atom is 0.256 e. The third-order valence-electron chi connectivity index (χ3n) is 7.29. The summed E-state index contributed by atoms with van der Waals surface area (Å²) in [4.78, 5) is 42.7. The summed E-state index contributed by atoms with van der Waals surface area (Å²) in [6.07, 6.45) is 3.84. The summed E-state index contributed by atoms with van der Waals surface area (Å²) < 4.78 is 0. The summed E-state index contributed by atoms with van der Waals surface area (Å²) in [7, 11) is 0. The maximum absolute atomic E-state index is 13.5. The molecule has 34 heavy (non-hydrogen) atoms. The van der Waals surface area contributed by atoms with Crippen molar-refractivity contribution in [3.63, 3.8) is 0 Å². The van der Waals surface area contributed by atoms with Crippen LogP contribution in [0.5, 0.6) is 0 Å². The van der Waals surface area contributed by atoms with Crippen LogP contribution in [0, 0.1) is 5.92 Å². The lowest BCUT2D eigenvalue weighted by molar-refractivity contribution is -0.147. The van der Waals surface area contributed by atoms with E-state index in [4.69, 9.17) is 11.6 Å². The summed E-state index contributed by atoms with van der Waals surface area (Å²) in [6.45, 7) is 0.618. The Morgan fingerprint density at radius 2 is 1.71 bits per heavy atom. The molecule has 2 fully saturated rings. The zero-order chi connectivity index (χ0) is 23.8. The van der Waals surface area contributed by atoms with Gasteiger partial charge in [0.25, 0.3) is 11.8 Å². The van der Waals surface area contributed by atoms with E-state index in [1.54, 1.807) is 34.1 Å². The van der Waals surface area contributed by atoms with Crippen molar-refractivity contribution < 1.29 is 19.5 Å². The van der Waals surface area contributed by atoms with Crippen LogP contribution in [0.25, 0.3) is 11.1 Å². The zero-order valence-corrected chi connectivity index (χ0v) is 19.6. The normalized spacial score (nSPS) is 21.9. The number of piperazine rings is 1. The molecule has 0 bridgehead atoms. The van der Waals surface area contributed by atoms with Gasteiger partial charge in [-0.05, 0) is 54.2 Å². The van der Waals surface area contributed by atoms with Crippen molar-refractivity contribution in [3.05, 3.63) is 53.1 Å². The smallest absolute Gasteiger partial charge is 0.256 e. The maximum atomic E-state index is 13.5. The van der Waals surface area contributed by atoms with Crippen LogP contribution in [0.15, 0.2) is 42.5 Å². The van der Waals surface area contributed by atoms with Gasteiger partial charge in [0.15, 0.2) is 0 Å². The van der Waals surface area contributed by atoms with Gasteiger partial charge in [-0.15, -0.1) is 0 Å². The number of nitrogens with zero attached hydrogens (tertiary/aromatic N) is 2. The molecule has 1 saturated heterocycles. The van der Waals surface area contributed by atoms with E-state index in [2.05, 4.69) is 5.32 Å². The Labute approximate surface area is 203 Å². The van der Waals surface area contributed by atoms with Crippen molar-refractivity contribution in [2.75, 3.05) is 25.0 Å². The standard InChI is InChI=1S/C26H28ClN3O4/c27-19-9-6-16(7-10-19)18-8-11-21-20(14-18)25(33)30-13-12-29(15-22(30)24(32)28-21)26(34)23(31)17-4-2-1-3-5-17/h6-11,14,17,22-23,31H,1-5,12-13,15H2,(H,28,32)/t22?,23-/m1/s1. The number of hydrogen-bond acceptors (Lipinski definition) is 4. The average Bonchev–Trinajstić information content (AvgIpc) is 2.98. The predicted octanol–water partition coefficient (Wildman–Crippen LogP) is 3.55. The van der Waals surface area contributed by atoms with Gasteiger partial charge in [-0.1, -0.05) is 49.1 Å². The van der Waals surface area contributed by atoms with Crippen LogP contribution in [0.1, 0.15) is 42.5 Å². The quantitative estimate of drug-likeness (QED) is 0.701. The minimum atomic E-state index is -1.05. The number of benzene rings is 2. The largest absolute Gasteiger partial charge is 0.383 e. The number of rotatable bonds is 3. The zero-order valence-electron chi connectivity index (χ0n) is 18.9. The molecule has 3 aliphatic rings. The van der Waals surface area contributed by atoms with Crippen LogP contribution < -0.4 is 5.32 Å². The number of amides is 3. The molecule has 8 heteroatoms. The lowest BCUT2D eigenvalue weighted by Gasteiger charge is -2.40. The van der Waals surface area contributed by atoms with Gasteiger partial charge in [0, 0.05) is 18.1 Å². The number of aliphatic hydroxyl groups excluding tert-OH is 1. The van der Waals surface area contributed by atoms with Crippen LogP contribution in [-0.4, -0.2) is 64.4 Å². The molecule has 1 saturated carbocycles. The van der Waals surface area contributed by atoms with Crippen molar-refractivity contribution in [3.8, 4) is 11.1 Å². The Hall–Kier alpha value is -2.90. The van der Waals surface area contributed by atoms with E-state index in [1.165, 1.54) is 0 Å². The van der Waals surface area contributed by atoms with E-state index in [-0.39, 0.29) is 36.7 Å². The molecule has 2 aromatic rings. The lowest BCUT2D eigenvalue weighted by atomic mass is 9.84. The number of halogens is 1. The van der Waals surface area contributed by atoms with Gasteiger partial charge in [0.05, 0.1) is 17.8 Å². The van der Waals surface area contributed by atoms with Gasteiger partial charge in [0.2, 0.25) is 5.91 Å². The Morgan fingerprint density at radius 1 is 1.00 bits per heavy atom. The predicted molar refractivity (Wildman–Crippen MR) is 130 cm³/mol. The molecular weight excluding hydrogens is 454 g/mol. The van der Waals surface area contributed by atoms with E-state index in [0.29, 0.717) is 22.8 Å². The first-order valence-corrected chi connectivity index (χ1v) is 12.3. The molecule has 1 aliphatic carbocycles. The highest BCUT2D eigenvalue weighted by Crippen LogP contribution is 2.32. The number of anilines is 1. The minimum absolute atomic E-state index is 0.0283. The molecule has 2 heterocycles. The van der Waals surface area contributed by atoms with Gasteiger partial charge in [-0.25, -0.2) is 0 Å². The molecule has 0 spiro atoms. The second kappa shape index (κ2) is 9.39. The molecule has 5 rings (SSSR count). The summed E-state index contributed by atoms with van der Waals surface area (Å²) >= 11 is 6.00. The molecule has 2 aromatic carbocycles. The van der Waals surface area contributed by atoms with Crippen molar-refractivity contribution in [2.24, 2.45) is 5.92 Å². The third kappa shape index (κ3) is 4.30. The molecule has 1 unspecified atom stereocenters. The Morgan fingerprint density at radius 3 is 2.44 bits per heavy atom. The lowest BCUT2D eigenvalue weighted by Crippen LogP contribution is -2.61. The Kier molecular flexibility index (Phi) is 6.32. The van der Waals surface area contributed by atoms with Crippen molar-refractivity contribution in [1.29, 1.82) is 0 Å². The second-order valence-corrected chi connectivity index (χ2v) is 9.83. The van der Waals surface area contributed by atoms with E-state index in [1.807, 2.05) is 18.2 Å². The molecule has 0 radical (unpaired) electrons. The summed E-state index contributed by atoms with van der Waals surface area (Å²) in [6, 6.07) is 11.9. The first-order chi connectivity index (χ1) is 16.4. The van der Waals surface area contributed by atoms with Gasteiger partial charge in [0.1, 0.15) is 12.1 Å². The Balaban J connectivity index is 1.36. The average molecular weight is 482 g/mol. The fraction of sp³-hybridized carbons (Fsp3) is 0.423.